The summed E-state index contributed by atoms with van der Waals surface area (Å²) in [5, 5.41) is 4.78. The van der Waals surface area contributed by atoms with Gasteiger partial charge in [0.1, 0.15) is 6.29 Å². The van der Waals surface area contributed by atoms with Crippen LogP contribution < -0.4 is 4.90 Å². The molecule has 0 atom stereocenters. The lowest BCUT2D eigenvalue weighted by Gasteiger charge is -2.43. The molecule has 1 heterocycles. The Morgan fingerprint density at radius 2 is 1.41 bits per heavy atom. The van der Waals surface area contributed by atoms with Crippen LogP contribution in [0.1, 0.15) is 35.3 Å². The highest BCUT2D eigenvalue weighted by Crippen LogP contribution is 2.54. The number of aldehydes is 1. The molecule has 1 aliphatic heterocycles. The lowest BCUT2D eigenvalue weighted by Crippen LogP contribution is -2.31. The summed E-state index contributed by atoms with van der Waals surface area (Å²) in [7, 11) is 0. The van der Waals surface area contributed by atoms with Gasteiger partial charge in [-0.15, -0.1) is 0 Å². The summed E-state index contributed by atoms with van der Waals surface area (Å²) in [6, 6.07) is 34.2. The van der Waals surface area contributed by atoms with Gasteiger partial charge in [0.25, 0.3) is 0 Å². The number of hydrogen-bond acceptors (Lipinski definition) is 2. The normalized spacial score (nSPS) is 14.2. The molecule has 5 aromatic carbocycles. The third-order valence-corrected chi connectivity index (χ3v) is 6.82. The van der Waals surface area contributed by atoms with Crippen LogP contribution in [0.5, 0.6) is 0 Å². The average molecular weight is 414 g/mol. The topological polar surface area (TPSA) is 20.3 Å². The van der Waals surface area contributed by atoms with Crippen molar-refractivity contribution in [1.82, 2.24) is 0 Å². The van der Waals surface area contributed by atoms with Crippen molar-refractivity contribution in [3.63, 3.8) is 0 Å². The Kier molecular flexibility index (Phi) is 4.00. The number of rotatable bonds is 2. The molecule has 2 nitrogen and oxygen atoms in total. The molecule has 6 rings (SSSR count). The Bertz CT molecular complexity index is 1520. The van der Waals surface area contributed by atoms with E-state index in [2.05, 4.69) is 104 Å². The number of hydrogen-bond donors (Lipinski definition) is 0. The second kappa shape index (κ2) is 6.80. The Labute approximate surface area is 187 Å². The maximum atomic E-state index is 11.4. The molecule has 0 radical (unpaired) electrons. The quantitative estimate of drug-likeness (QED) is 0.274. The molecule has 0 aliphatic carbocycles. The molecule has 2 heteroatoms. The summed E-state index contributed by atoms with van der Waals surface area (Å²) < 4.78 is 0. The number of para-hydroxylation sites is 1. The van der Waals surface area contributed by atoms with Crippen LogP contribution in [0.15, 0.2) is 97.1 Å². The van der Waals surface area contributed by atoms with E-state index in [4.69, 9.17) is 0 Å². The van der Waals surface area contributed by atoms with E-state index in [-0.39, 0.29) is 5.41 Å². The first-order chi connectivity index (χ1) is 15.6. The van der Waals surface area contributed by atoms with Gasteiger partial charge in [-0.3, -0.25) is 4.79 Å². The molecule has 32 heavy (non-hydrogen) atoms. The highest BCUT2D eigenvalue weighted by molar-refractivity contribution is 6.01. The Morgan fingerprint density at radius 3 is 2.16 bits per heavy atom. The highest BCUT2D eigenvalue weighted by atomic mass is 16.1. The van der Waals surface area contributed by atoms with Gasteiger partial charge in [0.2, 0.25) is 0 Å². The number of benzene rings is 5. The van der Waals surface area contributed by atoms with E-state index in [0.717, 1.165) is 17.4 Å². The van der Waals surface area contributed by atoms with Crippen molar-refractivity contribution < 1.29 is 4.79 Å². The van der Waals surface area contributed by atoms with Crippen LogP contribution in [0, 0.1) is 0 Å². The van der Waals surface area contributed by atoms with Crippen LogP contribution in [0.3, 0.4) is 0 Å². The summed E-state index contributed by atoms with van der Waals surface area (Å²) in [4.78, 5) is 13.8. The first-order valence-corrected chi connectivity index (χ1v) is 11.0. The van der Waals surface area contributed by atoms with Gasteiger partial charge in [0.15, 0.2) is 0 Å². The number of nitrogens with zero attached hydrogens (tertiary/aromatic N) is 1. The average Bonchev–Trinajstić information content (AvgIpc) is 2.83. The summed E-state index contributed by atoms with van der Waals surface area (Å²) in [6.07, 6.45) is 0.918. The third-order valence-electron chi connectivity index (χ3n) is 6.82. The van der Waals surface area contributed by atoms with E-state index >= 15 is 0 Å². The molecule has 0 aromatic heterocycles. The van der Waals surface area contributed by atoms with E-state index in [9.17, 15) is 4.79 Å². The summed E-state index contributed by atoms with van der Waals surface area (Å²) in [5.74, 6) is 0. The first kappa shape index (κ1) is 18.8. The largest absolute Gasteiger partial charge is 0.310 e. The Balaban J connectivity index is 1.75. The minimum Gasteiger partial charge on any atom is -0.310 e. The predicted octanol–water partition coefficient (Wildman–Crippen LogP) is 7.91. The first-order valence-electron chi connectivity index (χ1n) is 11.0. The molecule has 0 N–H and O–H groups in total. The molecule has 0 fully saturated rings. The molecule has 154 valence electrons. The lowest BCUT2D eigenvalue weighted by atomic mass is 9.71. The maximum absolute atomic E-state index is 11.4. The van der Waals surface area contributed by atoms with E-state index in [0.29, 0.717) is 5.56 Å². The van der Waals surface area contributed by atoms with Gasteiger partial charge in [-0.2, -0.15) is 0 Å². The SMILES string of the molecule is CC1(C)c2cc3ccccc3cc2N(c2ccccc2)c2ccc3cc(C=O)ccc3c21. The van der Waals surface area contributed by atoms with Crippen molar-refractivity contribution in [3.8, 4) is 0 Å². The van der Waals surface area contributed by atoms with E-state index in [1.807, 2.05) is 12.1 Å². The van der Waals surface area contributed by atoms with Crippen LogP contribution >= 0.6 is 0 Å². The minimum atomic E-state index is -0.206. The maximum Gasteiger partial charge on any atom is 0.150 e. The monoisotopic (exact) mass is 413 g/mol. The fourth-order valence-electron chi connectivity index (χ4n) is 5.29. The second-order valence-electron chi connectivity index (χ2n) is 9.07. The van der Waals surface area contributed by atoms with Crippen molar-refractivity contribution in [2.45, 2.75) is 19.3 Å². The van der Waals surface area contributed by atoms with Crippen LogP contribution in [0.25, 0.3) is 21.5 Å². The molecule has 5 aromatic rings. The lowest BCUT2D eigenvalue weighted by molar-refractivity contribution is 0.112. The van der Waals surface area contributed by atoms with Crippen molar-refractivity contribution in [3.05, 3.63) is 114 Å². The highest BCUT2D eigenvalue weighted by Gasteiger charge is 2.38. The molecule has 0 spiro atoms. The van der Waals surface area contributed by atoms with Gasteiger partial charge in [0.05, 0.1) is 11.4 Å². The van der Waals surface area contributed by atoms with Crippen molar-refractivity contribution >= 4 is 44.9 Å². The van der Waals surface area contributed by atoms with Gasteiger partial charge in [-0.05, 0) is 69.1 Å². The zero-order chi connectivity index (χ0) is 21.9. The summed E-state index contributed by atoms with van der Waals surface area (Å²) >= 11 is 0. The molecule has 0 bridgehead atoms. The number of carbonyl (C=O) groups is 1. The van der Waals surface area contributed by atoms with Gasteiger partial charge in [-0.1, -0.05) is 74.5 Å². The van der Waals surface area contributed by atoms with Crippen LogP contribution in [-0.4, -0.2) is 6.29 Å². The molecular formula is C30H23NO. The molecule has 1 aliphatic rings. The van der Waals surface area contributed by atoms with Gasteiger partial charge in [-0.25, -0.2) is 0 Å². The Hall–Kier alpha value is -3.91. The van der Waals surface area contributed by atoms with Gasteiger partial charge in [0, 0.05) is 16.7 Å². The Morgan fingerprint density at radius 1 is 0.688 bits per heavy atom. The number of anilines is 3. The fraction of sp³-hybridized carbons (Fsp3) is 0.100. The van der Waals surface area contributed by atoms with Crippen LogP contribution in [0.4, 0.5) is 17.1 Å². The molecule has 0 amide bonds. The standard InChI is InChI=1S/C30H23NO/c1-30(2)26-17-21-8-6-7-9-22(21)18-28(26)31(24-10-4-3-5-11-24)27-15-13-23-16-20(19-32)12-14-25(23)29(27)30/h3-19H,1-2H3. The zero-order valence-corrected chi connectivity index (χ0v) is 18.2. The summed E-state index contributed by atoms with van der Waals surface area (Å²) in [5.41, 5.74) is 6.65. The van der Waals surface area contributed by atoms with E-state index in [1.54, 1.807) is 0 Å². The van der Waals surface area contributed by atoms with Gasteiger partial charge >= 0.3 is 0 Å². The number of fused-ring (bicyclic) bond motifs is 5. The summed E-state index contributed by atoms with van der Waals surface area (Å²) in [6.45, 7) is 4.63. The smallest absolute Gasteiger partial charge is 0.150 e. The minimum absolute atomic E-state index is 0.206. The second-order valence-corrected chi connectivity index (χ2v) is 9.07. The van der Waals surface area contributed by atoms with E-state index < -0.39 is 0 Å². The molecule has 0 saturated heterocycles. The van der Waals surface area contributed by atoms with Crippen molar-refractivity contribution in [1.29, 1.82) is 0 Å². The van der Waals surface area contributed by atoms with Crippen LogP contribution in [0.2, 0.25) is 0 Å². The predicted molar refractivity (Wildman–Crippen MR) is 134 cm³/mol. The third kappa shape index (κ3) is 2.63. The molecular weight excluding hydrogens is 390 g/mol. The van der Waals surface area contributed by atoms with Crippen molar-refractivity contribution in [2.75, 3.05) is 4.90 Å². The van der Waals surface area contributed by atoms with Gasteiger partial charge < -0.3 is 4.90 Å². The molecule has 0 saturated carbocycles. The van der Waals surface area contributed by atoms with E-state index in [1.165, 1.54) is 38.7 Å². The zero-order valence-electron chi connectivity index (χ0n) is 18.2. The van der Waals surface area contributed by atoms with Crippen molar-refractivity contribution in [2.24, 2.45) is 0 Å². The van der Waals surface area contributed by atoms with Crippen LogP contribution in [-0.2, 0) is 5.41 Å². The molecule has 0 unspecified atom stereocenters. The fourth-order valence-corrected chi connectivity index (χ4v) is 5.29. The number of carbonyl (C=O) groups excluding carboxylic acids is 1.